The Balaban J connectivity index is 1.16. The summed E-state index contributed by atoms with van der Waals surface area (Å²) in [6.45, 7) is 0. The molecule has 0 aliphatic heterocycles. The molecule has 0 aliphatic rings. The fourth-order valence-corrected chi connectivity index (χ4v) is 6.37. The van der Waals surface area contributed by atoms with Gasteiger partial charge in [0.1, 0.15) is 11.2 Å². The average molecular weight is 602 g/mol. The second kappa shape index (κ2) is 11.2. The first-order valence-electron chi connectivity index (χ1n) is 15.7. The van der Waals surface area contributed by atoms with Crippen molar-refractivity contribution in [3.63, 3.8) is 0 Å². The molecule has 4 heteroatoms. The molecular formula is C43H27N3O. The number of hydrogen-bond donors (Lipinski definition) is 0. The molecule has 7 aromatic carbocycles. The highest BCUT2D eigenvalue weighted by molar-refractivity contribution is 6.13. The van der Waals surface area contributed by atoms with E-state index >= 15 is 0 Å². The summed E-state index contributed by atoms with van der Waals surface area (Å²) in [7, 11) is 0. The van der Waals surface area contributed by atoms with Crippen LogP contribution in [0.1, 0.15) is 0 Å². The van der Waals surface area contributed by atoms with Crippen LogP contribution in [0.4, 0.5) is 0 Å². The van der Waals surface area contributed by atoms with Crippen molar-refractivity contribution < 1.29 is 4.42 Å². The fourth-order valence-electron chi connectivity index (χ4n) is 6.37. The SMILES string of the molecule is c1ccc(-c2ccc3c(c2)oc2cccc(-c4ccc5ccc(-c6nc(-c7ccccc7)nc(-c7ccccc7)n6)cc5c4)c23)cc1. The molecule has 2 heterocycles. The summed E-state index contributed by atoms with van der Waals surface area (Å²) < 4.78 is 6.41. The lowest BCUT2D eigenvalue weighted by Gasteiger charge is -2.10. The highest BCUT2D eigenvalue weighted by Crippen LogP contribution is 2.39. The van der Waals surface area contributed by atoms with Crippen molar-refractivity contribution in [2.24, 2.45) is 0 Å². The highest BCUT2D eigenvalue weighted by atomic mass is 16.3. The molecule has 0 atom stereocenters. The minimum absolute atomic E-state index is 0.641. The van der Waals surface area contributed by atoms with E-state index in [9.17, 15) is 0 Å². The molecule has 0 N–H and O–H groups in total. The van der Waals surface area contributed by atoms with Gasteiger partial charge >= 0.3 is 0 Å². The molecule has 0 unspecified atom stereocenters. The molecule has 2 aromatic heterocycles. The number of rotatable bonds is 5. The summed E-state index contributed by atoms with van der Waals surface area (Å²) in [5, 5.41) is 4.49. The molecule has 47 heavy (non-hydrogen) atoms. The van der Waals surface area contributed by atoms with E-state index in [-0.39, 0.29) is 0 Å². The summed E-state index contributed by atoms with van der Waals surface area (Å²) in [6, 6.07) is 56.4. The van der Waals surface area contributed by atoms with Gasteiger partial charge in [0, 0.05) is 27.5 Å². The molecule has 0 bridgehead atoms. The minimum atomic E-state index is 0.641. The summed E-state index contributed by atoms with van der Waals surface area (Å²) in [6.07, 6.45) is 0. The lowest BCUT2D eigenvalue weighted by Crippen LogP contribution is -2.00. The first-order chi connectivity index (χ1) is 23.3. The molecule has 0 radical (unpaired) electrons. The molecule has 0 saturated carbocycles. The van der Waals surface area contributed by atoms with Crippen LogP contribution in [0.3, 0.4) is 0 Å². The molecule has 0 fully saturated rings. The smallest absolute Gasteiger partial charge is 0.164 e. The molecule has 0 spiro atoms. The van der Waals surface area contributed by atoms with E-state index in [1.165, 1.54) is 5.56 Å². The predicted molar refractivity (Wildman–Crippen MR) is 192 cm³/mol. The van der Waals surface area contributed by atoms with Gasteiger partial charge in [0.15, 0.2) is 17.5 Å². The van der Waals surface area contributed by atoms with E-state index in [0.717, 1.165) is 66.1 Å². The molecule has 4 nitrogen and oxygen atoms in total. The molecule has 0 aliphatic carbocycles. The van der Waals surface area contributed by atoms with Crippen molar-refractivity contribution in [3.8, 4) is 56.4 Å². The Morgan fingerprint density at radius 2 is 0.894 bits per heavy atom. The number of hydrogen-bond acceptors (Lipinski definition) is 4. The fraction of sp³-hybridized carbons (Fsp3) is 0. The van der Waals surface area contributed by atoms with Crippen molar-refractivity contribution in [1.82, 2.24) is 15.0 Å². The van der Waals surface area contributed by atoms with Crippen LogP contribution in [-0.4, -0.2) is 15.0 Å². The van der Waals surface area contributed by atoms with Gasteiger partial charge in [0.25, 0.3) is 0 Å². The highest BCUT2D eigenvalue weighted by Gasteiger charge is 2.15. The lowest BCUT2D eigenvalue weighted by atomic mass is 9.95. The molecule has 220 valence electrons. The van der Waals surface area contributed by atoms with Gasteiger partial charge in [-0.3, -0.25) is 0 Å². The van der Waals surface area contributed by atoms with Crippen molar-refractivity contribution in [1.29, 1.82) is 0 Å². The third-order valence-electron chi connectivity index (χ3n) is 8.71. The zero-order valence-corrected chi connectivity index (χ0v) is 25.3. The topological polar surface area (TPSA) is 51.8 Å². The van der Waals surface area contributed by atoms with Crippen LogP contribution in [0.15, 0.2) is 168 Å². The van der Waals surface area contributed by atoms with Crippen molar-refractivity contribution in [2.45, 2.75) is 0 Å². The lowest BCUT2D eigenvalue weighted by molar-refractivity contribution is 0.669. The van der Waals surface area contributed by atoms with Crippen molar-refractivity contribution in [2.75, 3.05) is 0 Å². The maximum absolute atomic E-state index is 6.41. The van der Waals surface area contributed by atoms with Gasteiger partial charge in [-0.25, -0.2) is 15.0 Å². The Kier molecular flexibility index (Phi) is 6.43. The Labute approximate surface area is 271 Å². The van der Waals surface area contributed by atoms with Gasteiger partial charge in [-0.15, -0.1) is 0 Å². The van der Waals surface area contributed by atoms with E-state index in [1.54, 1.807) is 0 Å². The van der Waals surface area contributed by atoms with Crippen LogP contribution in [-0.2, 0) is 0 Å². The Morgan fingerprint density at radius 3 is 1.55 bits per heavy atom. The van der Waals surface area contributed by atoms with Gasteiger partial charge in [-0.2, -0.15) is 0 Å². The molecule has 0 amide bonds. The van der Waals surface area contributed by atoms with E-state index in [0.29, 0.717) is 17.5 Å². The summed E-state index contributed by atoms with van der Waals surface area (Å²) in [5.74, 6) is 1.94. The van der Waals surface area contributed by atoms with Crippen LogP contribution in [0.2, 0.25) is 0 Å². The van der Waals surface area contributed by atoms with Gasteiger partial charge < -0.3 is 4.42 Å². The number of aromatic nitrogens is 3. The standard InChI is InChI=1S/C43H27N3O/c1-4-11-28(12-5-1)32-23-24-37-39(27-32)47-38-18-10-17-36(40(37)38)33-21-19-29-20-22-34(26-35(29)25-33)43-45-41(30-13-6-2-7-14-30)44-42(46-43)31-15-8-3-9-16-31/h1-27H. The monoisotopic (exact) mass is 601 g/mol. The molecular weight excluding hydrogens is 574 g/mol. The van der Waals surface area contributed by atoms with E-state index < -0.39 is 0 Å². The summed E-state index contributed by atoms with van der Waals surface area (Å²) >= 11 is 0. The van der Waals surface area contributed by atoms with E-state index in [1.807, 2.05) is 66.7 Å². The second-order valence-electron chi connectivity index (χ2n) is 11.7. The van der Waals surface area contributed by atoms with Gasteiger partial charge in [-0.05, 0) is 63.4 Å². The number of nitrogens with zero attached hydrogens (tertiary/aromatic N) is 3. The Hall–Kier alpha value is -6.39. The Bertz CT molecular complexity index is 2500. The summed E-state index contributed by atoms with van der Waals surface area (Å²) in [5.41, 5.74) is 9.18. The number of fused-ring (bicyclic) bond motifs is 4. The Morgan fingerprint density at radius 1 is 0.340 bits per heavy atom. The third kappa shape index (κ3) is 4.93. The quantitative estimate of drug-likeness (QED) is 0.197. The van der Waals surface area contributed by atoms with Crippen LogP contribution in [0.5, 0.6) is 0 Å². The number of furan rings is 1. The zero-order chi connectivity index (χ0) is 31.2. The first-order valence-corrected chi connectivity index (χ1v) is 15.7. The van der Waals surface area contributed by atoms with Crippen molar-refractivity contribution >= 4 is 32.7 Å². The van der Waals surface area contributed by atoms with Crippen LogP contribution in [0.25, 0.3) is 89.1 Å². The van der Waals surface area contributed by atoms with Gasteiger partial charge in [-0.1, -0.05) is 133 Å². The summed E-state index contributed by atoms with van der Waals surface area (Å²) in [4.78, 5) is 14.8. The van der Waals surface area contributed by atoms with E-state index in [2.05, 4.69) is 97.1 Å². The van der Waals surface area contributed by atoms with E-state index in [4.69, 9.17) is 19.4 Å². The maximum Gasteiger partial charge on any atom is 0.164 e. The van der Waals surface area contributed by atoms with Crippen molar-refractivity contribution in [3.05, 3.63) is 164 Å². The second-order valence-corrected chi connectivity index (χ2v) is 11.7. The normalized spacial score (nSPS) is 11.4. The predicted octanol–water partition coefficient (Wildman–Crippen LogP) is 11.3. The largest absolute Gasteiger partial charge is 0.456 e. The van der Waals surface area contributed by atoms with Crippen LogP contribution >= 0.6 is 0 Å². The third-order valence-corrected chi connectivity index (χ3v) is 8.71. The molecule has 9 aromatic rings. The van der Waals surface area contributed by atoms with Gasteiger partial charge in [0.05, 0.1) is 0 Å². The first kappa shape index (κ1) is 27.0. The molecule has 9 rings (SSSR count). The van der Waals surface area contributed by atoms with Crippen LogP contribution < -0.4 is 0 Å². The van der Waals surface area contributed by atoms with Crippen LogP contribution in [0, 0.1) is 0 Å². The minimum Gasteiger partial charge on any atom is -0.456 e. The zero-order valence-electron chi connectivity index (χ0n) is 25.3. The van der Waals surface area contributed by atoms with Gasteiger partial charge in [0.2, 0.25) is 0 Å². The number of benzene rings is 7. The average Bonchev–Trinajstić information content (AvgIpc) is 3.53. The maximum atomic E-state index is 6.41. The molecule has 0 saturated heterocycles.